The Morgan fingerprint density at radius 3 is 2.45 bits per heavy atom. The molecule has 2 rings (SSSR count). The molecule has 0 bridgehead atoms. The molecule has 0 saturated heterocycles. The number of fused-ring (bicyclic) bond motifs is 1. The van der Waals surface area contributed by atoms with E-state index in [1.807, 2.05) is 12.1 Å². The van der Waals surface area contributed by atoms with Gasteiger partial charge in [0.2, 0.25) is 0 Å². The van der Waals surface area contributed by atoms with Crippen LogP contribution in [0.2, 0.25) is 10.0 Å². The molecule has 0 fully saturated rings. The van der Waals surface area contributed by atoms with Crippen molar-refractivity contribution in [2.75, 3.05) is 0 Å². The lowest BCUT2D eigenvalue weighted by Gasteiger charge is -2.15. The summed E-state index contributed by atoms with van der Waals surface area (Å²) in [4.78, 5) is 3.21. The Hall–Kier alpha value is -0.510. The number of H-pyrrole nitrogens is 1. The third-order valence-corrected chi connectivity index (χ3v) is 4.62. The highest BCUT2D eigenvalue weighted by Gasteiger charge is 2.13. The maximum Gasteiger partial charge on any atom is 0.178 e. The van der Waals surface area contributed by atoms with Gasteiger partial charge in [0, 0.05) is 6.04 Å². The van der Waals surface area contributed by atoms with Crippen molar-refractivity contribution >= 4 is 46.5 Å². The Morgan fingerprint density at radius 2 is 1.80 bits per heavy atom. The quantitative estimate of drug-likeness (QED) is 0.629. The molecule has 20 heavy (non-hydrogen) atoms. The fourth-order valence-corrected chi connectivity index (χ4v) is 3.22. The number of halogens is 2. The summed E-state index contributed by atoms with van der Waals surface area (Å²) in [7, 11) is 0. The number of nitrogens with one attached hydrogen (secondary N) is 1. The van der Waals surface area contributed by atoms with Gasteiger partial charge in [0.15, 0.2) is 4.77 Å². The molecular formula is C15H20Cl2N2S. The maximum atomic E-state index is 6.13. The molecule has 1 atom stereocenters. The van der Waals surface area contributed by atoms with Crippen molar-refractivity contribution in [2.45, 2.75) is 46.1 Å². The number of rotatable bonds is 5. The molecule has 1 aromatic carbocycles. The third kappa shape index (κ3) is 3.38. The highest BCUT2D eigenvalue weighted by molar-refractivity contribution is 7.71. The van der Waals surface area contributed by atoms with Gasteiger partial charge in [0.25, 0.3) is 0 Å². The van der Waals surface area contributed by atoms with Gasteiger partial charge < -0.3 is 9.55 Å². The van der Waals surface area contributed by atoms with Crippen LogP contribution in [0.15, 0.2) is 12.1 Å². The smallest absolute Gasteiger partial charge is 0.178 e. The van der Waals surface area contributed by atoms with Gasteiger partial charge in [-0.25, -0.2) is 0 Å². The van der Waals surface area contributed by atoms with Crippen molar-refractivity contribution in [1.29, 1.82) is 0 Å². The molecule has 1 N–H and O–H groups in total. The van der Waals surface area contributed by atoms with Crippen LogP contribution in [-0.2, 0) is 0 Å². The van der Waals surface area contributed by atoms with E-state index in [1.54, 1.807) is 0 Å². The molecule has 2 nitrogen and oxygen atoms in total. The fourth-order valence-electron chi connectivity index (χ4n) is 2.51. The molecule has 0 radical (unpaired) electrons. The average Bonchev–Trinajstić information content (AvgIpc) is 2.64. The van der Waals surface area contributed by atoms with Crippen LogP contribution in [0, 0.1) is 10.7 Å². The van der Waals surface area contributed by atoms with Gasteiger partial charge in [-0.2, -0.15) is 0 Å². The molecule has 0 saturated carbocycles. The second kappa shape index (κ2) is 6.50. The monoisotopic (exact) mass is 330 g/mol. The van der Waals surface area contributed by atoms with E-state index in [0.29, 0.717) is 16.1 Å². The van der Waals surface area contributed by atoms with E-state index in [4.69, 9.17) is 35.4 Å². The van der Waals surface area contributed by atoms with Crippen LogP contribution in [-0.4, -0.2) is 9.55 Å². The first-order valence-corrected chi connectivity index (χ1v) is 8.15. The van der Waals surface area contributed by atoms with E-state index in [1.165, 1.54) is 12.8 Å². The van der Waals surface area contributed by atoms with Crippen LogP contribution >= 0.6 is 35.4 Å². The highest BCUT2D eigenvalue weighted by Crippen LogP contribution is 2.30. The topological polar surface area (TPSA) is 20.7 Å². The summed E-state index contributed by atoms with van der Waals surface area (Å²) < 4.78 is 2.88. The summed E-state index contributed by atoms with van der Waals surface area (Å²) in [6, 6.07) is 4.09. The Kier molecular flexibility index (Phi) is 5.16. The number of hydrogen-bond donors (Lipinski definition) is 1. The lowest BCUT2D eigenvalue weighted by Crippen LogP contribution is -2.05. The first kappa shape index (κ1) is 15.9. The molecular weight excluding hydrogens is 311 g/mol. The zero-order chi connectivity index (χ0) is 14.9. The Balaban J connectivity index is 2.31. The number of aromatic nitrogens is 2. The lowest BCUT2D eigenvalue weighted by atomic mass is 10.0. The second-order valence-corrected chi connectivity index (χ2v) is 6.96. The minimum Gasteiger partial charge on any atom is -0.331 e. The summed E-state index contributed by atoms with van der Waals surface area (Å²) in [5.41, 5.74) is 1.97. The number of imidazole rings is 1. The number of aromatic amines is 1. The van der Waals surface area contributed by atoms with Crippen LogP contribution in [0.3, 0.4) is 0 Å². The number of nitrogens with zero attached hydrogens (tertiary/aromatic N) is 1. The number of hydrogen-bond acceptors (Lipinski definition) is 1. The molecule has 5 heteroatoms. The van der Waals surface area contributed by atoms with Crippen molar-refractivity contribution in [1.82, 2.24) is 9.55 Å². The SMILES string of the molecule is CC(C)CCCC(C)n1c(=S)[nH]c2cc(Cl)c(Cl)cc21. The Bertz CT molecular complexity index is 658. The van der Waals surface area contributed by atoms with E-state index in [-0.39, 0.29) is 0 Å². The predicted molar refractivity (Wildman–Crippen MR) is 90.5 cm³/mol. The minimum absolute atomic E-state index is 0.354. The van der Waals surface area contributed by atoms with E-state index >= 15 is 0 Å². The standard InChI is InChI=1S/C15H20Cl2N2S/c1-9(2)5-4-6-10(3)19-14-8-12(17)11(16)7-13(14)18-15(19)20/h7-10H,4-6H2,1-3H3,(H,18,20). The van der Waals surface area contributed by atoms with Crippen LogP contribution in [0.4, 0.5) is 0 Å². The zero-order valence-electron chi connectivity index (χ0n) is 12.0. The van der Waals surface area contributed by atoms with Crippen molar-refractivity contribution in [2.24, 2.45) is 5.92 Å². The van der Waals surface area contributed by atoms with E-state index in [9.17, 15) is 0 Å². The van der Waals surface area contributed by atoms with Crippen molar-refractivity contribution in [3.05, 3.63) is 26.9 Å². The third-order valence-electron chi connectivity index (χ3n) is 3.60. The summed E-state index contributed by atoms with van der Waals surface area (Å²) in [6.07, 6.45) is 3.56. The molecule has 110 valence electrons. The minimum atomic E-state index is 0.354. The van der Waals surface area contributed by atoms with Crippen LogP contribution in [0.1, 0.15) is 46.1 Å². The molecule has 2 aromatic rings. The fraction of sp³-hybridized carbons (Fsp3) is 0.533. The van der Waals surface area contributed by atoms with Crippen LogP contribution < -0.4 is 0 Å². The van der Waals surface area contributed by atoms with Gasteiger partial charge in [-0.05, 0) is 43.6 Å². The van der Waals surface area contributed by atoms with E-state index in [0.717, 1.165) is 28.1 Å². The van der Waals surface area contributed by atoms with Gasteiger partial charge in [-0.1, -0.05) is 49.9 Å². The van der Waals surface area contributed by atoms with Gasteiger partial charge in [0.1, 0.15) is 0 Å². The summed E-state index contributed by atoms with van der Waals surface area (Å²) in [5.74, 6) is 0.742. The normalized spacial score (nSPS) is 13.3. The van der Waals surface area contributed by atoms with Crippen molar-refractivity contribution in [3.8, 4) is 0 Å². The molecule has 1 aromatic heterocycles. The largest absolute Gasteiger partial charge is 0.331 e. The molecule has 1 heterocycles. The van der Waals surface area contributed by atoms with E-state index < -0.39 is 0 Å². The first-order chi connectivity index (χ1) is 9.40. The van der Waals surface area contributed by atoms with Gasteiger partial charge in [0.05, 0.1) is 21.1 Å². The van der Waals surface area contributed by atoms with Crippen LogP contribution in [0.5, 0.6) is 0 Å². The van der Waals surface area contributed by atoms with Gasteiger partial charge >= 0.3 is 0 Å². The van der Waals surface area contributed by atoms with Crippen molar-refractivity contribution < 1.29 is 0 Å². The van der Waals surface area contributed by atoms with E-state index in [2.05, 4.69) is 30.3 Å². The summed E-state index contributed by atoms with van der Waals surface area (Å²) in [5, 5.41) is 1.12. The summed E-state index contributed by atoms with van der Waals surface area (Å²) >= 11 is 17.6. The first-order valence-electron chi connectivity index (χ1n) is 6.99. The molecule has 0 aliphatic rings. The predicted octanol–water partition coefficient (Wildman–Crippen LogP) is 6.39. The average molecular weight is 331 g/mol. The Labute approximate surface area is 135 Å². The lowest BCUT2D eigenvalue weighted by molar-refractivity contribution is 0.451. The summed E-state index contributed by atoms with van der Waals surface area (Å²) in [6.45, 7) is 6.71. The number of benzene rings is 1. The molecule has 1 unspecified atom stereocenters. The highest BCUT2D eigenvalue weighted by atomic mass is 35.5. The Morgan fingerprint density at radius 1 is 1.15 bits per heavy atom. The van der Waals surface area contributed by atoms with Crippen molar-refractivity contribution in [3.63, 3.8) is 0 Å². The van der Waals surface area contributed by atoms with Crippen LogP contribution in [0.25, 0.3) is 11.0 Å². The molecule has 0 amide bonds. The molecule has 0 aliphatic heterocycles. The molecule has 0 aliphatic carbocycles. The van der Waals surface area contributed by atoms with Gasteiger partial charge in [-0.15, -0.1) is 0 Å². The van der Waals surface area contributed by atoms with Gasteiger partial charge in [-0.3, -0.25) is 0 Å². The maximum absolute atomic E-state index is 6.13. The zero-order valence-corrected chi connectivity index (χ0v) is 14.4. The second-order valence-electron chi connectivity index (χ2n) is 5.76. The molecule has 0 spiro atoms.